The van der Waals surface area contributed by atoms with Crippen molar-refractivity contribution in [3.63, 3.8) is 0 Å². The van der Waals surface area contributed by atoms with Crippen LogP contribution in [0.5, 0.6) is 17.2 Å². The first-order valence-corrected chi connectivity index (χ1v) is 8.67. The van der Waals surface area contributed by atoms with Crippen molar-refractivity contribution in [2.45, 2.75) is 39.8 Å². The van der Waals surface area contributed by atoms with Crippen LogP contribution in [0.3, 0.4) is 0 Å². The molecule has 0 aliphatic carbocycles. The zero-order valence-electron chi connectivity index (χ0n) is 16.1. The van der Waals surface area contributed by atoms with Gasteiger partial charge in [0.2, 0.25) is 0 Å². The summed E-state index contributed by atoms with van der Waals surface area (Å²) < 4.78 is 16.7. The maximum atomic E-state index is 12.4. The van der Waals surface area contributed by atoms with Crippen LogP contribution in [-0.4, -0.2) is 25.2 Å². The highest BCUT2D eigenvalue weighted by molar-refractivity contribution is 5.95. The van der Waals surface area contributed by atoms with Gasteiger partial charge in [0.05, 0.1) is 13.7 Å². The van der Waals surface area contributed by atoms with Gasteiger partial charge in [0.1, 0.15) is 23.9 Å². The number of nitrogens with one attached hydrogen (secondary N) is 1. The van der Waals surface area contributed by atoms with E-state index in [0.717, 1.165) is 11.3 Å². The highest BCUT2D eigenvalue weighted by Crippen LogP contribution is 2.25. The number of carbonyl (C=O) groups is 1. The second kappa shape index (κ2) is 8.61. The summed E-state index contributed by atoms with van der Waals surface area (Å²) in [6.07, 6.45) is 0. The van der Waals surface area contributed by atoms with Crippen molar-refractivity contribution in [1.82, 2.24) is 5.32 Å². The predicted octanol–water partition coefficient (Wildman–Crippen LogP) is 4.20. The van der Waals surface area contributed by atoms with Crippen LogP contribution in [0.2, 0.25) is 0 Å². The Morgan fingerprint density at radius 2 is 1.77 bits per heavy atom. The van der Waals surface area contributed by atoms with Crippen LogP contribution < -0.4 is 19.5 Å². The molecule has 2 aromatic rings. The molecule has 0 atom stereocenters. The van der Waals surface area contributed by atoms with Crippen LogP contribution in [-0.2, 0) is 6.61 Å². The van der Waals surface area contributed by atoms with Crippen LogP contribution in [0.4, 0.5) is 0 Å². The van der Waals surface area contributed by atoms with Gasteiger partial charge in [0.15, 0.2) is 0 Å². The largest absolute Gasteiger partial charge is 0.497 e. The smallest absolute Gasteiger partial charge is 0.251 e. The normalized spacial score (nSPS) is 11.0. The average Bonchev–Trinajstić information content (AvgIpc) is 2.59. The molecule has 0 aromatic heterocycles. The first kappa shape index (κ1) is 19.6. The first-order valence-electron chi connectivity index (χ1n) is 8.67. The van der Waals surface area contributed by atoms with Gasteiger partial charge < -0.3 is 19.5 Å². The van der Waals surface area contributed by atoms with Crippen molar-refractivity contribution < 1.29 is 19.0 Å². The second-order valence-corrected chi connectivity index (χ2v) is 6.93. The maximum absolute atomic E-state index is 12.4. The Hall–Kier alpha value is -2.69. The molecule has 0 bridgehead atoms. The van der Waals surface area contributed by atoms with Crippen LogP contribution >= 0.6 is 0 Å². The topological polar surface area (TPSA) is 56.8 Å². The molecule has 1 N–H and O–H groups in total. The number of carbonyl (C=O) groups excluding carboxylic acids is 1. The molecule has 0 spiro atoms. The van der Waals surface area contributed by atoms with Crippen molar-refractivity contribution in [3.05, 3.63) is 53.6 Å². The Balaban J connectivity index is 2.20. The maximum Gasteiger partial charge on any atom is 0.251 e. The lowest BCUT2D eigenvalue weighted by Crippen LogP contribution is -2.40. The number of ether oxygens (including phenoxy) is 3. The van der Waals surface area contributed by atoms with Crippen LogP contribution in [0.15, 0.2) is 42.5 Å². The minimum atomic E-state index is -0.299. The molecule has 2 rings (SSSR count). The fourth-order valence-corrected chi connectivity index (χ4v) is 2.39. The lowest BCUT2D eigenvalue weighted by molar-refractivity contribution is 0.0919. The van der Waals surface area contributed by atoms with E-state index in [2.05, 4.69) is 5.32 Å². The van der Waals surface area contributed by atoms with Gasteiger partial charge >= 0.3 is 0 Å². The summed E-state index contributed by atoms with van der Waals surface area (Å²) in [4.78, 5) is 12.4. The summed E-state index contributed by atoms with van der Waals surface area (Å²) >= 11 is 0. The van der Waals surface area contributed by atoms with E-state index in [1.165, 1.54) is 0 Å². The summed E-state index contributed by atoms with van der Waals surface area (Å²) in [5.41, 5.74) is 1.09. The Bertz CT molecular complexity index is 750. The van der Waals surface area contributed by atoms with Crippen molar-refractivity contribution in [2.75, 3.05) is 13.7 Å². The summed E-state index contributed by atoms with van der Waals surface area (Å²) in [6.45, 7) is 8.61. The van der Waals surface area contributed by atoms with E-state index < -0.39 is 0 Å². The van der Waals surface area contributed by atoms with Gasteiger partial charge in [-0.25, -0.2) is 0 Å². The van der Waals surface area contributed by atoms with Gasteiger partial charge in [0.25, 0.3) is 5.91 Å². The first-order chi connectivity index (χ1) is 12.3. The number of benzene rings is 2. The van der Waals surface area contributed by atoms with Crippen LogP contribution in [0.1, 0.15) is 43.6 Å². The monoisotopic (exact) mass is 357 g/mol. The third-order valence-electron chi connectivity index (χ3n) is 3.55. The van der Waals surface area contributed by atoms with Gasteiger partial charge in [-0.1, -0.05) is 6.07 Å². The molecule has 2 aromatic carbocycles. The molecule has 0 saturated carbocycles. The summed E-state index contributed by atoms with van der Waals surface area (Å²) in [5.74, 6) is 2.01. The molecule has 0 aliphatic rings. The number of amides is 1. The number of hydrogen-bond acceptors (Lipinski definition) is 4. The molecule has 1 amide bonds. The zero-order chi connectivity index (χ0) is 19.2. The number of rotatable bonds is 7. The highest BCUT2D eigenvalue weighted by atomic mass is 16.5. The molecule has 0 heterocycles. The lowest BCUT2D eigenvalue weighted by atomic mass is 10.1. The standard InChI is InChI=1S/C21H27NO4/c1-6-25-19-11-10-15(20(23)22-21(2,3)4)12-16(19)14-26-18-9-7-8-17(13-18)24-5/h7-13H,6,14H2,1-5H3,(H,22,23). The van der Waals surface area contributed by atoms with Crippen molar-refractivity contribution in [1.29, 1.82) is 0 Å². The summed E-state index contributed by atoms with van der Waals surface area (Å²) in [7, 11) is 1.61. The SMILES string of the molecule is CCOc1ccc(C(=O)NC(C)(C)C)cc1COc1cccc(OC)c1. The minimum absolute atomic E-state index is 0.122. The molecule has 5 nitrogen and oxygen atoms in total. The fraction of sp³-hybridized carbons (Fsp3) is 0.381. The number of hydrogen-bond donors (Lipinski definition) is 1. The molecular weight excluding hydrogens is 330 g/mol. The lowest BCUT2D eigenvalue weighted by Gasteiger charge is -2.21. The van der Waals surface area contributed by atoms with Crippen LogP contribution in [0.25, 0.3) is 0 Å². The van der Waals surface area contributed by atoms with Crippen molar-refractivity contribution >= 4 is 5.91 Å². The van der Waals surface area contributed by atoms with E-state index in [0.29, 0.717) is 30.3 Å². The molecule has 26 heavy (non-hydrogen) atoms. The molecule has 0 radical (unpaired) electrons. The number of methoxy groups -OCH3 is 1. The quantitative estimate of drug-likeness (QED) is 0.807. The average molecular weight is 357 g/mol. The zero-order valence-corrected chi connectivity index (χ0v) is 16.1. The van der Waals surface area contributed by atoms with E-state index >= 15 is 0 Å². The second-order valence-electron chi connectivity index (χ2n) is 6.93. The Labute approximate surface area is 155 Å². The summed E-state index contributed by atoms with van der Waals surface area (Å²) in [6, 6.07) is 12.8. The molecule has 0 aliphatic heterocycles. The van der Waals surface area contributed by atoms with Crippen molar-refractivity contribution in [3.8, 4) is 17.2 Å². The van der Waals surface area contributed by atoms with E-state index in [-0.39, 0.29) is 11.4 Å². The van der Waals surface area contributed by atoms with Gasteiger partial charge in [-0.05, 0) is 58.0 Å². The molecule has 0 fully saturated rings. The predicted molar refractivity (Wildman–Crippen MR) is 102 cm³/mol. The van der Waals surface area contributed by atoms with E-state index in [1.54, 1.807) is 13.2 Å². The van der Waals surface area contributed by atoms with E-state index in [1.807, 2.05) is 64.1 Å². The Morgan fingerprint density at radius 1 is 1.04 bits per heavy atom. The third-order valence-corrected chi connectivity index (χ3v) is 3.55. The third kappa shape index (κ3) is 5.69. The van der Waals surface area contributed by atoms with Gasteiger partial charge in [-0.2, -0.15) is 0 Å². The Morgan fingerprint density at radius 3 is 2.42 bits per heavy atom. The fourth-order valence-electron chi connectivity index (χ4n) is 2.39. The highest BCUT2D eigenvalue weighted by Gasteiger charge is 2.17. The molecule has 0 saturated heterocycles. The molecular formula is C21H27NO4. The Kier molecular flexibility index (Phi) is 6.50. The van der Waals surface area contributed by atoms with E-state index in [9.17, 15) is 4.79 Å². The van der Waals surface area contributed by atoms with Gasteiger partial charge in [-0.3, -0.25) is 4.79 Å². The summed E-state index contributed by atoms with van der Waals surface area (Å²) in [5, 5.41) is 2.97. The molecule has 0 unspecified atom stereocenters. The van der Waals surface area contributed by atoms with E-state index in [4.69, 9.17) is 14.2 Å². The van der Waals surface area contributed by atoms with Crippen molar-refractivity contribution in [2.24, 2.45) is 0 Å². The molecule has 140 valence electrons. The van der Waals surface area contributed by atoms with Gasteiger partial charge in [0, 0.05) is 22.7 Å². The molecule has 5 heteroatoms. The van der Waals surface area contributed by atoms with Gasteiger partial charge in [-0.15, -0.1) is 0 Å². The van der Waals surface area contributed by atoms with Crippen LogP contribution in [0, 0.1) is 0 Å². The minimum Gasteiger partial charge on any atom is -0.497 e.